The average Bonchev–Trinajstić information content (AvgIpc) is 2.48. The standard InChI is InChI=1S/C16H18N4O2.2ClH/c1-16(2)8-12(11-7-10(17)3-4-14(11)22-16)20-15(21)13-9-18-5-6-19-13;;/h3-7,9,12H,8,17H2,1-2H3,(H,20,21);2*1H. The summed E-state index contributed by atoms with van der Waals surface area (Å²) in [6.07, 6.45) is 5.12. The van der Waals surface area contributed by atoms with Crippen LogP contribution in [-0.4, -0.2) is 21.5 Å². The number of hydrogen-bond donors (Lipinski definition) is 2. The van der Waals surface area contributed by atoms with E-state index in [9.17, 15) is 4.79 Å². The van der Waals surface area contributed by atoms with Gasteiger partial charge in [0.1, 0.15) is 17.0 Å². The molecule has 1 unspecified atom stereocenters. The molecule has 6 nitrogen and oxygen atoms in total. The minimum absolute atomic E-state index is 0. The fourth-order valence-corrected chi connectivity index (χ4v) is 2.65. The normalized spacial score (nSPS) is 17.3. The second-order valence-corrected chi connectivity index (χ2v) is 5.98. The van der Waals surface area contributed by atoms with Gasteiger partial charge in [0.15, 0.2) is 0 Å². The van der Waals surface area contributed by atoms with Crippen molar-refractivity contribution in [1.82, 2.24) is 15.3 Å². The molecular formula is C16H20Cl2N4O2. The Morgan fingerprint density at radius 1 is 1.33 bits per heavy atom. The molecule has 1 aliphatic rings. The number of halogens is 2. The zero-order valence-electron chi connectivity index (χ0n) is 13.4. The van der Waals surface area contributed by atoms with Gasteiger partial charge in [-0.1, -0.05) is 0 Å². The lowest BCUT2D eigenvalue weighted by molar-refractivity contribution is 0.0618. The first kappa shape index (κ1) is 20.0. The highest BCUT2D eigenvalue weighted by Crippen LogP contribution is 2.40. The first-order valence-corrected chi connectivity index (χ1v) is 7.10. The molecule has 3 rings (SSSR count). The molecule has 1 aliphatic heterocycles. The summed E-state index contributed by atoms with van der Waals surface area (Å²) in [4.78, 5) is 20.3. The van der Waals surface area contributed by atoms with Crippen molar-refractivity contribution in [3.05, 3.63) is 48.0 Å². The molecule has 1 aromatic carbocycles. The zero-order chi connectivity index (χ0) is 15.7. The maximum atomic E-state index is 12.3. The van der Waals surface area contributed by atoms with Crippen LogP contribution in [0.5, 0.6) is 5.75 Å². The summed E-state index contributed by atoms with van der Waals surface area (Å²) < 4.78 is 5.96. The van der Waals surface area contributed by atoms with Gasteiger partial charge in [-0.15, -0.1) is 24.8 Å². The Morgan fingerprint density at radius 3 is 2.75 bits per heavy atom. The minimum Gasteiger partial charge on any atom is -0.487 e. The van der Waals surface area contributed by atoms with E-state index in [1.54, 1.807) is 6.07 Å². The molecule has 0 bridgehead atoms. The first-order valence-electron chi connectivity index (χ1n) is 7.10. The monoisotopic (exact) mass is 370 g/mol. The topological polar surface area (TPSA) is 90.1 Å². The van der Waals surface area contributed by atoms with Crippen molar-refractivity contribution in [3.8, 4) is 5.75 Å². The number of nitrogens with one attached hydrogen (secondary N) is 1. The van der Waals surface area contributed by atoms with E-state index in [1.165, 1.54) is 18.6 Å². The van der Waals surface area contributed by atoms with Crippen LogP contribution in [0.1, 0.15) is 42.4 Å². The van der Waals surface area contributed by atoms with Crippen LogP contribution in [0.4, 0.5) is 5.69 Å². The molecule has 8 heteroatoms. The van der Waals surface area contributed by atoms with Crippen molar-refractivity contribution < 1.29 is 9.53 Å². The predicted octanol–water partition coefficient (Wildman–Crippen LogP) is 2.93. The largest absolute Gasteiger partial charge is 0.487 e. The van der Waals surface area contributed by atoms with Crippen molar-refractivity contribution in [1.29, 1.82) is 0 Å². The molecule has 1 amide bonds. The number of carbonyl (C=O) groups excluding carboxylic acids is 1. The summed E-state index contributed by atoms with van der Waals surface area (Å²) >= 11 is 0. The Hall–Kier alpha value is -2.05. The third kappa shape index (κ3) is 4.27. The number of rotatable bonds is 2. The SMILES string of the molecule is CC1(C)CC(NC(=O)c2cnccn2)c2cc(N)ccc2O1.Cl.Cl. The Morgan fingerprint density at radius 2 is 2.08 bits per heavy atom. The summed E-state index contributed by atoms with van der Waals surface area (Å²) in [7, 11) is 0. The van der Waals surface area contributed by atoms with Crippen LogP contribution in [0, 0.1) is 0 Å². The van der Waals surface area contributed by atoms with E-state index in [4.69, 9.17) is 10.5 Å². The molecule has 130 valence electrons. The van der Waals surface area contributed by atoms with E-state index in [-0.39, 0.29) is 48.1 Å². The first-order chi connectivity index (χ1) is 10.4. The minimum atomic E-state index is -0.372. The molecule has 0 saturated heterocycles. The average molecular weight is 371 g/mol. The van der Waals surface area contributed by atoms with Crippen molar-refractivity contribution in [2.24, 2.45) is 0 Å². The summed E-state index contributed by atoms with van der Waals surface area (Å²) in [6, 6.07) is 5.29. The predicted molar refractivity (Wildman–Crippen MR) is 96.9 cm³/mol. The van der Waals surface area contributed by atoms with Gasteiger partial charge in [0.05, 0.1) is 12.2 Å². The molecule has 0 spiro atoms. The third-order valence-corrected chi connectivity index (χ3v) is 3.59. The quantitative estimate of drug-likeness (QED) is 0.793. The third-order valence-electron chi connectivity index (χ3n) is 3.59. The van der Waals surface area contributed by atoms with Crippen LogP contribution in [0.2, 0.25) is 0 Å². The van der Waals surface area contributed by atoms with Crippen LogP contribution < -0.4 is 15.8 Å². The molecule has 0 radical (unpaired) electrons. The Bertz CT molecular complexity index is 710. The molecule has 1 aromatic heterocycles. The van der Waals surface area contributed by atoms with Gasteiger partial charge in [-0.2, -0.15) is 0 Å². The smallest absolute Gasteiger partial charge is 0.271 e. The highest BCUT2D eigenvalue weighted by atomic mass is 35.5. The lowest BCUT2D eigenvalue weighted by atomic mass is 9.89. The van der Waals surface area contributed by atoms with Crippen LogP contribution in [0.25, 0.3) is 0 Å². The molecule has 0 fully saturated rings. The molecule has 3 N–H and O–H groups in total. The fourth-order valence-electron chi connectivity index (χ4n) is 2.65. The van der Waals surface area contributed by atoms with E-state index in [2.05, 4.69) is 15.3 Å². The van der Waals surface area contributed by atoms with Crippen molar-refractivity contribution in [3.63, 3.8) is 0 Å². The molecule has 2 aromatic rings. The Labute approximate surface area is 153 Å². The van der Waals surface area contributed by atoms with Gasteiger partial charge < -0.3 is 15.8 Å². The Kier molecular flexibility index (Phi) is 6.40. The number of fused-ring (bicyclic) bond motifs is 1. The summed E-state index contributed by atoms with van der Waals surface area (Å²) in [5, 5.41) is 3.00. The molecule has 1 atom stereocenters. The lowest BCUT2D eigenvalue weighted by Gasteiger charge is -2.38. The fraction of sp³-hybridized carbons (Fsp3) is 0.312. The van der Waals surface area contributed by atoms with Gasteiger partial charge in [-0.05, 0) is 32.0 Å². The van der Waals surface area contributed by atoms with Gasteiger partial charge in [0.2, 0.25) is 0 Å². The number of nitrogen functional groups attached to an aromatic ring is 1. The maximum absolute atomic E-state index is 12.3. The summed E-state index contributed by atoms with van der Waals surface area (Å²) in [5.41, 5.74) is 7.31. The number of amides is 1. The maximum Gasteiger partial charge on any atom is 0.271 e. The highest BCUT2D eigenvalue weighted by Gasteiger charge is 2.34. The molecule has 2 heterocycles. The van der Waals surface area contributed by atoms with Crippen LogP contribution in [-0.2, 0) is 0 Å². The van der Waals surface area contributed by atoms with Gasteiger partial charge >= 0.3 is 0 Å². The number of anilines is 1. The van der Waals surface area contributed by atoms with Crippen molar-refractivity contribution in [2.75, 3.05) is 5.73 Å². The summed E-state index contributed by atoms with van der Waals surface area (Å²) in [5.74, 6) is 0.485. The van der Waals surface area contributed by atoms with E-state index in [1.807, 2.05) is 26.0 Å². The van der Waals surface area contributed by atoms with E-state index >= 15 is 0 Å². The second kappa shape index (κ2) is 7.68. The van der Waals surface area contributed by atoms with Crippen LogP contribution in [0.3, 0.4) is 0 Å². The lowest BCUT2D eigenvalue weighted by Crippen LogP contribution is -2.41. The number of hydrogen-bond acceptors (Lipinski definition) is 5. The molecule has 24 heavy (non-hydrogen) atoms. The van der Waals surface area contributed by atoms with Crippen LogP contribution >= 0.6 is 24.8 Å². The van der Waals surface area contributed by atoms with E-state index in [0.717, 1.165) is 11.3 Å². The van der Waals surface area contributed by atoms with E-state index < -0.39 is 0 Å². The zero-order valence-corrected chi connectivity index (χ0v) is 15.0. The number of carbonyl (C=O) groups is 1. The molecule has 0 aliphatic carbocycles. The summed E-state index contributed by atoms with van der Waals surface area (Å²) in [6.45, 7) is 3.99. The van der Waals surface area contributed by atoms with Gasteiger partial charge in [-0.3, -0.25) is 9.78 Å². The van der Waals surface area contributed by atoms with Gasteiger partial charge in [0.25, 0.3) is 5.91 Å². The highest BCUT2D eigenvalue weighted by molar-refractivity contribution is 5.92. The van der Waals surface area contributed by atoms with Crippen molar-refractivity contribution >= 4 is 36.4 Å². The number of ether oxygens (including phenoxy) is 1. The van der Waals surface area contributed by atoms with E-state index in [0.29, 0.717) is 12.1 Å². The van der Waals surface area contributed by atoms with Crippen molar-refractivity contribution in [2.45, 2.75) is 31.9 Å². The van der Waals surface area contributed by atoms with Gasteiger partial charge in [-0.25, -0.2) is 4.98 Å². The Balaban J connectivity index is 0.00000144. The molecular weight excluding hydrogens is 351 g/mol. The number of benzene rings is 1. The van der Waals surface area contributed by atoms with Gasteiger partial charge in [0, 0.05) is 30.1 Å². The number of nitrogens with two attached hydrogens (primary N) is 1. The number of aromatic nitrogens is 2. The van der Waals surface area contributed by atoms with Crippen LogP contribution in [0.15, 0.2) is 36.8 Å². The molecule has 0 saturated carbocycles. The number of nitrogens with zero attached hydrogens (tertiary/aromatic N) is 2. The second-order valence-electron chi connectivity index (χ2n) is 5.98.